The van der Waals surface area contributed by atoms with Gasteiger partial charge in [-0.05, 0) is 37.1 Å². The fourth-order valence-electron chi connectivity index (χ4n) is 3.82. The summed E-state index contributed by atoms with van der Waals surface area (Å²) in [7, 11) is 0. The standard InChI is InChI=1S/C19H22ClN7S/c20-13-3-4-15-14(11-13)16(25-19(12-1-2-12)5-6-22-26-19)24-17(23-15)18(28)27-9-7-21-8-10-27/h3-6,11-12,21-22,26H,1-2,7-10H2,(H,23,24,25). The van der Waals surface area contributed by atoms with Gasteiger partial charge in [-0.2, -0.15) is 0 Å². The van der Waals surface area contributed by atoms with E-state index in [0.717, 1.165) is 42.9 Å². The highest BCUT2D eigenvalue weighted by Crippen LogP contribution is 2.42. The largest absolute Gasteiger partial charge is 0.357 e. The van der Waals surface area contributed by atoms with Gasteiger partial charge in [-0.25, -0.2) is 15.4 Å². The zero-order chi connectivity index (χ0) is 19.1. The first-order valence-corrected chi connectivity index (χ1v) is 10.4. The maximum atomic E-state index is 6.27. The van der Waals surface area contributed by atoms with E-state index >= 15 is 0 Å². The lowest BCUT2D eigenvalue weighted by Gasteiger charge is -2.31. The van der Waals surface area contributed by atoms with Gasteiger partial charge in [-0.1, -0.05) is 23.8 Å². The Kier molecular flexibility index (Phi) is 4.59. The number of rotatable bonds is 4. The van der Waals surface area contributed by atoms with Crippen LogP contribution in [0.1, 0.15) is 18.7 Å². The molecule has 1 atom stereocenters. The lowest BCUT2D eigenvalue weighted by Crippen LogP contribution is -2.53. The van der Waals surface area contributed by atoms with Crippen LogP contribution >= 0.6 is 23.8 Å². The van der Waals surface area contributed by atoms with Gasteiger partial charge in [-0.3, -0.25) is 0 Å². The van der Waals surface area contributed by atoms with Crippen LogP contribution in [0, 0.1) is 5.92 Å². The van der Waals surface area contributed by atoms with Gasteiger partial charge in [0.1, 0.15) is 16.5 Å². The maximum absolute atomic E-state index is 6.27. The fraction of sp³-hybridized carbons (Fsp3) is 0.421. The third-order valence-electron chi connectivity index (χ3n) is 5.51. The van der Waals surface area contributed by atoms with Crippen LogP contribution in [0.2, 0.25) is 5.02 Å². The third-order valence-corrected chi connectivity index (χ3v) is 6.18. The molecule has 3 heterocycles. The second-order valence-electron chi connectivity index (χ2n) is 7.47. The monoisotopic (exact) mass is 415 g/mol. The smallest absolute Gasteiger partial charge is 0.189 e. The molecule has 1 aromatic carbocycles. The van der Waals surface area contributed by atoms with Gasteiger partial charge in [0.15, 0.2) is 5.82 Å². The average molecular weight is 416 g/mol. The van der Waals surface area contributed by atoms with E-state index in [4.69, 9.17) is 33.8 Å². The molecule has 0 amide bonds. The van der Waals surface area contributed by atoms with Crippen LogP contribution < -0.4 is 21.5 Å². The summed E-state index contributed by atoms with van der Waals surface area (Å²) >= 11 is 12.0. The van der Waals surface area contributed by atoms with Crippen molar-refractivity contribution < 1.29 is 0 Å². The topological polar surface area (TPSA) is 77.1 Å². The molecule has 2 aromatic rings. The highest BCUT2D eigenvalue weighted by atomic mass is 35.5. The Hall–Kier alpha value is -2.00. The number of hydrogen-bond acceptors (Lipinski definition) is 7. The molecule has 4 N–H and O–H groups in total. The summed E-state index contributed by atoms with van der Waals surface area (Å²) < 4.78 is 0. The summed E-state index contributed by atoms with van der Waals surface area (Å²) in [4.78, 5) is 12.4. The summed E-state index contributed by atoms with van der Waals surface area (Å²) in [5.41, 5.74) is 6.92. The van der Waals surface area contributed by atoms with Crippen LogP contribution in [-0.2, 0) is 0 Å². The van der Waals surface area contributed by atoms with Crippen molar-refractivity contribution in [2.75, 3.05) is 31.5 Å². The first kappa shape index (κ1) is 18.1. The molecule has 1 saturated heterocycles. The molecule has 0 radical (unpaired) electrons. The van der Waals surface area contributed by atoms with Crippen molar-refractivity contribution in [1.82, 2.24) is 31.0 Å². The number of aromatic nitrogens is 2. The van der Waals surface area contributed by atoms with Crippen molar-refractivity contribution in [3.63, 3.8) is 0 Å². The molecule has 1 saturated carbocycles. The highest BCUT2D eigenvalue weighted by molar-refractivity contribution is 7.80. The molecule has 1 unspecified atom stereocenters. The molecule has 9 heteroatoms. The Morgan fingerprint density at radius 1 is 1.25 bits per heavy atom. The minimum atomic E-state index is -0.364. The molecule has 1 aliphatic carbocycles. The Bertz CT molecular complexity index is 955. The number of nitrogens with one attached hydrogen (secondary N) is 4. The van der Waals surface area contributed by atoms with E-state index in [1.54, 1.807) is 0 Å². The number of hydrazine groups is 1. The zero-order valence-electron chi connectivity index (χ0n) is 15.3. The number of anilines is 1. The van der Waals surface area contributed by atoms with Gasteiger partial charge >= 0.3 is 0 Å². The molecule has 2 aliphatic heterocycles. The van der Waals surface area contributed by atoms with Crippen molar-refractivity contribution in [1.29, 1.82) is 0 Å². The number of halogens is 1. The van der Waals surface area contributed by atoms with E-state index in [-0.39, 0.29) is 5.66 Å². The quantitative estimate of drug-likeness (QED) is 0.565. The van der Waals surface area contributed by atoms with Crippen LogP contribution in [0.5, 0.6) is 0 Å². The fourth-order valence-corrected chi connectivity index (χ4v) is 4.27. The molecule has 3 aliphatic rings. The summed E-state index contributed by atoms with van der Waals surface area (Å²) in [6.07, 6.45) is 6.38. The molecule has 0 bridgehead atoms. The Morgan fingerprint density at radius 3 is 2.79 bits per heavy atom. The van der Waals surface area contributed by atoms with E-state index in [2.05, 4.69) is 32.5 Å². The molecule has 146 valence electrons. The molecule has 0 spiro atoms. The van der Waals surface area contributed by atoms with E-state index in [9.17, 15) is 0 Å². The van der Waals surface area contributed by atoms with Crippen molar-refractivity contribution in [2.24, 2.45) is 5.92 Å². The van der Waals surface area contributed by atoms with Crippen LogP contribution in [-0.4, -0.2) is 51.7 Å². The number of piperazine rings is 1. The number of benzene rings is 1. The summed E-state index contributed by atoms with van der Waals surface area (Å²) in [5.74, 6) is 1.83. The van der Waals surface area contributed by atoms with Crippen molar-refractivity contribution in [3.05, 3.63) is 41.3 Å². The van der Waals surface area contributed by atoms with Gasteiger partial charge in [0, 0.05) is 48.7 Å². The number of nitrogens with zero attached hydrogens (tertiary/aromatic N) is 3. The van der Waals surface area contributed by atoms with Crippen LogP contribution in [0.3, 0.4) is 0 Å². The van der Waals surface area contributed by atoms with Crippen molar-refractivity contribution in [3.8, 4) is 0 Å². The Labute approximate surface area is 173 Å². The third kappa shape index (κ3) is 3.30. The molecule has 2 fully saturated rings. The number of hydrogen-bond donors (Lipinski definition) is 4. The first-order valence-electron chi connectivity index (χ1n) is 9.60. The molecular weight excluding hydrogens is 394 g/mol. The van der Waals surface area contributed by atoms with E-state index in [1.807, 2.05) is 24.4 Å². The van der Waals surface area contributed by atoms with Crippen LogP contribution in [0.15, 0.2) is 30.5 Å². The van der Waals surface area contributed by atoms with Crippen molar-refractivity contribution in [2.45, 2.75) is 18.5 Å². The normalized spacial score (nSPS) is 24.4. The molecule has 28 heavy (non-hydrogen) atoms. The second-order valence-corrected chi connectivity index (χ2v) is 8.29. The first-order chi connectivity index (χ1) is 13.6. The summed E-state index contributed by atoms with van der Waals surface area (Å²) in [6, 6.07) is 5.68. The molecule has 5 rings (SSSR count). The molecule has 7 nitrogen and oxygen atoms in total. The second kappa shape index (κ2) is 7.11. The molecule has 1 aromatic heterocycles. The SMILES string of the molecule is S=C(c1nc(NC2(C3CC3)C=CNN2)c2cc(Cl)ccc2n1)N1CCNCC1. The predicted octanol–water partition coefficient (Wildman–Crippen LogP) is 2.00. The Morgan fingerprint density at radius 2 is 2.07 bits per heavy atom. The predicted molar refractivity (Wildman–Crippen MR) is 115 cm³/mol. The van der Waals surface area contributed by atoms with Gasteiger partial charge in [0.25, 0.3) is 0 Å². The highest BCUT2D eigenvalue weighted by Gasteiger charge is 2.45. The van der Waals surface area contributed by atoms with Crippen molar-refractivity contribution >= 4 is 45.5 Å². The van der Waals surface area contributed by atoms with E-state index in [0.29, 0.717) is 21.8 Å². The van der Waals surface area contributed by atoms with E-state index < -0.39 is 0 Å². The zero-order valence-corrected chi connectivity index (χ0v) is 16.9. The maximum Gasteiger partial charge on any atom is 0.189 e. The Balaban J connectivity index is 1.56. The van der Waals surface area contributed by atoms with E-state index in [1.165, 1.54) is 12.8 Å². The summed E-state index contributed by atoms with van der Waals surface area (Å²) in [6.45, 7) is 3.56. The summed E-state index contributed by atoms with van der Waals surface area (Å²) in [5, 5.41) is 8.52. The number of thiocarbonyl (C=S) groups is 1. The van der Waals surface area contributed by atoms with Gasteiger partial charge in [0.2, 0.25) is 0 Å². The number of fused-ring (bicyclic) bond motifs is 1. The van der Waals surface area contributed by atoms with Crippen LogP contribution in [0.4, 0.5) is 5.82 Å². The average Bonchev–Trinajstić information content (AvgIpc) is 3.48. The minimum Gasteiger partial charge on any atom is -0.357 e. The molecular formula is C19H22ClN7S. The minimum absolute atomic E-state index is 0.364. The van der Waals surface area contributed by atoms with Gasteiger partial charge in [-0.15, -0.1) is 0 Å². The lowest BCUT2D eigenvalue weighted by molar-refractivity contribution is 0.362. The van der Waals surface area contributed by atoms with Gasteiger partial charge < -0.3 is 21.0 Å². The lowest BCUT2D eigenvalue weighted by atomic mass is 10.1. The van der Waals surface area contributed by atoms with Crippen LogP contribution in [0.25, 0.3) is 10.9 Å². The van der Waals surface area contributed by atoms with Gasteiger partial charge in [0.05, 0.1) is 5.52 Å².